The third-order valence-electron chi connectivity index (χ3n) is 4.00. The van der Waals surface area contributed by atoms with E-state index in [0.717, 1.165) is 11.1 Å². The van der Waals surface area contributed by atoms with Crippen molar-refractivity contribution in [1.29, 1.82) is 0 Å². The predicted molar refractivity (Wildman–Crippen MR) is 110 cm³/mol. The molecule has 6 nitrogen and oxygen atoms in total. The Labute approximate surface area is 163 Å². The van der Waals surface area contributed by atoms with Crippen LogP contribution in [-0.4, -0.2) is 16.8 Å². The number of pyridine rings is 1. The second kappa shape index (κ2) is 9.14. The van der Waals surface area contributed by atoms with Crippen LogP contribution in [0.5, 0.6) is 0 Å². The number of benzene rings is 2. The number of nitrogens with zero attached hydrogens (tertiary/aromatic N) is 1. The average Bonchev–Trinajstić information content (AvgIpc) is 2.73. The minimum absolute atomic E-state index is 0.203. The van der Waals surface area contributed by atoms with Crippen molar-refractivity contribution in [2.75, 3.05) is 11.1 Å². The van der Waals surface area contributed by atoms with Gasteiger partial charge in [0, 0.05) is 30.6 Å². The van der Waals surface area contributed by atoms with Gasteiger partial charge in [-0.25, -0.2) is 0 Å². The van der Waals surface area contributed by atoms with Crippen LogP contribution in [0.4, 0.5) is 11.4 Å². The maximum atomic E-state index is 12.3. The highest BCUT2D eigenvalue weighted by molar-refractivity contribution is 6.05. The Morgan fingerprint density at radius 3 is 2.50 bits per heavy atom. The fourth-order valence-corrected chi connectivity index (χ4v) is 2.47. The number of aromatic nitrogens is 1. The molecule has 0 aliphatic rings. The maximum Gasteiger partial charge on any atom is 0.255 e. The van der Waals surface area contributed by atoms with Gasteiger partial charge in [0.1, 0.15) is 0 Å². The summed E-state index contributed by atoms with van der Waals surface area (Å²) in [6, 6.07) is 17.7. The van der Waals surface area contributed by atoms with Crippen LogP contribution in [0, 0.1) is 0 Å². The SMILES string of the molecule is Nc1ccccc1NC(=O)c1ccc(/C=C/C(=O)NCc2cccnc2)cc1. The van der Waals surface area contributed by atoms with Crippen LogP contribution in [0.2, 0.25) is 0 Å². The van der Waals surface area contributed by atoms with Crippen molar-refractivity contribution >= 4 is 29.3 Å². The maximum absolute atomic E-state index is 12.3. The topological polar surface area (TPSA) is 97.1 Å². The molecule has 0 unspecified atom stereocenters. The molecule has 6 heteroatoms. The highest BCUT2D eigenvalue weighted by atomic mass is 16.2. The van der Waals surface area contributed by atoms with E-state index in [2.05, 4.69) is 15.6 Å². The Balaban J connectivity index is 1.55. The van der Waals surface area contributed by atoms with Crippen LogP contribution in [0.1, 0.15) is 21.5 Å². The first-order valence-corrected chi connectivity index (χ1v) is 8.72. The molecule has 0 saturated carbocycles. The summed E-state index contributed by atoms with van der Waals surface area (Å²) in [4.78, 5) is 28.2. The summed E-state index contributed by atoms with van der Waals surface area (Å²) in [6.07, 6.45) is 6.53. The fourth-order valence-electron chi connectivity index (χ4n) is 2.47. The number of anilines is 2. The summed E-state index contributed by atoms with van der Waals surface area (Å²) in [6.45, 7) is 0.415. The van der Waals surface area contributed by atoms with E-state index >= 15 is 0 Å². The van der Waals surface area contributed by atoms with Crippen LogP contribution in [-0.2, 0) is 11.3 Å². The molecule has 0 spiro atoms. The lowest BCUT2D eigenvalue weighted by molar-refractivity contribution is -0.116. The highest BCUT2D eigenvalue weighted by Gasteiger charge is 2.07. The van der Waals surface area contributed by atoms with E-state index in [1.54, 1.807) is 67.0 Å². The van der Waals surface area contributed by atoms with Gasteiger partial charge in [-0.3, -0.25) is 14.6 Å². The zero-order chi connectivity index (χ0) is 19.8. The molecular formula is C22H20N4O2. The normalized spacial score (nSPS) is 10.6. The smallest absolute Gasteiger partial charge is 0.255 e. The van der Waals surface area contributed by atoms with Gasteiger partial charge in [0.25, 0.3) is 5.91 Å². The summed E-state index contributed by atoms with van der Waals surface area (Å²) in [7, 11) is 0. The third-order valence-corrected chi connectivity index (χ3v) is 4.00. The lowest BCUT2D eigenvalue weighted by Gasteiger charge is -2.08. The standard InChI is InChI=1S/C22H20N4O2/c23-19-5-1-2-6-20(19)26-22(28)18-10-7-16(8-11-18)9-12-21(27)25-15-17-4-3-13-24-14-17/h1-14H,15,23H2,(H,25,27)(H,26,28)/b12-9+. The molecule has 0 saturated heterocycles. The number of carbonyl (C=O) groups excluding carboxylic acids is 2. The number of carbonyl (C=O) groups is 2. The summed E-state index contributed by atoms with van der Waals surface area (Å²) in [5, 5.41) is 5.57. The number of nitrogen functional groups attached to an aromatic ring is 1. The average molecular weight is 372 g/mol. The van der Waals surface area contributed by atoms with Gasteiger partial charge in [0.2, 0.25) is 5.91 Å². The molecule has 1 heterocycles. The lowest BCUT2D eigenvalue weighted by Crippen LogP contribution is -2.20. The highest BCUT2D eigenvalue weighted by Crippen LogP contribution is 2.18. The second-order valence-corrected chi connectivity index (χ2v) is 6.08. The molecule has 3 rings (SSSR count). The number of rotatable bonds is 6. The number of hydrogen-bond donors (Lipinski definition) is 3. The van der Waals surface area contributed by atoms with Crippen molar-refractivity contribution in [3.8, 4) is 0 Å². The molecule has 0 radical (unpaired) electrons. The molecule has 0 bridgehead atoms. The van der Waals surface area contributed by atoms with Gasteiger partial charge < -0.3 is 16.4 Å². The minimum atomic E-state index is -0.248. The van der Waals surface area contributed by atoms with E-state index in [4.69, 9.17) is 5.73 Å². The van der Waals surface area contributed by atoms with E-state index in [-0.39, 0.29) is 11.8 Å². The quantitative estimate of drug-likeness (QED) is 0.457. The molecule has 4 N–H and O–H groups in total. The van der Waals surface area contributed by atoms with Gasteiger partial charge in [0.15, 0.2) is 0 Å². The Morgan fingerprint density at radius 2 is 1.79 bits per heavy atom. The molecular weight excluding hydrogens is 352 g/mol. The van der Waals surface area contributed by atoms with E-state index in [9.17, 15) is 9.59 Å². The zero-order valence-corrected chi connectivity index (χ0v) is 15.1. The van der Waals surface area contributed by atoms with Gasteiger partial charge in [-0.15, -0.1) is 0 Å². The van der Waals surface area contributed by atoms with E-state index in [0.29, 0.717) is 23.5 Å². The molecule has 0 fully saturated rings. The van der Waals surface area contributed by atoms with Crippen molar-refractivity contribution in [2.45, 2.75) is 6.54 Å². The molecule has 2 amide bonds. The van der Waals surface area contributed by atoms with E-state index in [1.165, 1.54) is 6.08 Å². The second-order valence-electron chi connectivity index (χ2n) is 6.08. The summed E-state index contributed by atoms with van der Waals surface area (Å²) in [5.74, 6) is -0.451. The predicted octanol–water partition coefficient (Wildman–Crippen LogP) is 3.25. The molecule has 3 aromatic rings. The van der Waals surface area contributed by atoms with E-state index in [1.807, 2.05) is 12.1 Å². The molecule has 28 heavy (non-hydrogen) atoms. The summed E-state index contributed by atoms with van der Waals surface area (Å²) >= 11 is 0. The number of hydrogen-bond acceptors (Lipinski definition) is 4. The largest absolute Gasteiger partial charge is 0.397 e. The Bertz CT molecular complexity index is 983. The minimum Gasteiger partial charge on any atom is -0.397 e. The fraction of sp³-hybridized carbons (Fsp3) is 0.0455. The Morgan fingerprint density at radius 1 is 1.00 bits per heavy atom. The van der Waals surface area contributed by atoms with Crippen molar-refractivity contribution in [2.24, 2.45) is 0 Å². The molecule has 1 aromatic heterocycles. The summed E-state index contributed by atoms with van der Waals surface area (Å²) < 4.78 is 0. The van der Waals surface area contributed by atoms with Crippen molar-refractivity contribution in [1.82, 2.24) is 10.3 Å². The van der Waals surface area contributed by atoms with Crippen LogP contribution in [0.15, 0.2) is 79.1 Å². The molecule has 0 atom stereocenters. The molecule has 2 aromatic carbocycles. The van der Waals surface area contributed by atoms with Gasteiger partial charge in [-0.1, -0.05) is 30.3 Å². The number of para-hydroxylation sites is 2. The zero-order valence-electron chi connectivity index (χ0n) is 15.1. The van der Waals surface area contributed by atoms with Gasteiger partial charge in [-0.2, -0.15) is 0 Å². The molecule has 0 aliphatic heterocycles. The van der Waals surface area contributed by atoms with Crippen LogP contribution >= 0.6 is 0 Å². The monoisotopic (exact) mass is 372 g/mol. The molecule has 0 aliphatic carbocycles. The van der Waals surface area contributed by atoms with Gasteiger partial charge in [0.05, 0.1) is 11.4 Å². The van der Waals surface area contributed by atoms with E-state index < -0.39 is 0 Å². The first-order chi connectivity index (χ1) is 13.6. The van der Waals surface area contributed by atoms with Gasteiger partial charge in [-0.05, 0) is 47.5 Å². The molecule has 140 valence electrons. The summed E-state index contributed by atoms with van der Waals surface area (Å²) in [5.41, 5.74) is 9.16. The van der Waals surface area contributed by atoms with Crippen LogP contribution in [0.3, 0.4) is 0 Å². The number of nitrogens with one attached hydrogen (secondary N) is 2. The van der Waals surface area contributed by atoms with Crippen LogP contribution in [0.25, 0.3) is 6.08 Å². The lowest BCUT2D eigenvalue weighted by atomic mass is 10.1. The van der Waals surface area contributed by atoms with Crippen LogP contribution < -0.4 is 16.4 Å². The third kappa shape index (κ3) is 5.28. The van der Waals surface area contributed by atoms with Gasteiger partial charge >= 0.3 is 0 Å². The Kier molecular flexibility index (Phi) is 6.15. The first kappa shape index (κ1) is 18.8. The number of amides is 2. The van der Waals surface area contributed by atoms with Crippen molar-refractivity contribution < 1.29 is 9.59 Å². The first-order valence-electron chi connectivity index (χ1n) is 8.72. The number of nitrogens with two attached hydrogens (primary N) is 1. The van der Waals surface area contributed by atoms with Crippen molar-refractivity contribution in [3.63, 3.8) is 0 Å². The Hall–Kier alpha value is -3.93. The van der Waals surface area contributed by atoms with Crippen molar-refractivity contribution in [3.05, 3.63) is 95.8 Å².